The van der Waals surface area contributed by atoms with Gasteiger partial charge in [0.25, 0.3) is 0 Å². The molecule has 2 aromatic heterocycles. The highest BCUT2D eigenvalue weighted by Crippen LogP contribution is 2.24. The van der Waals surface area contributed by atoms with E-state index >= 15 is 0 Å². The Labute approximate surface area is 168 Å². The number of pyridine rings is 1. The maximum atomic E-state index is 12.7. The summed E-state index contributed by atoms with van der Waals surface area (Å²) in [5, 5.41) is 2.87. The largest absolute Gasteiger partial charge is 0.497 e. The van der Waals surface area contributed by atoms with Crippen LogP contribution in [0.15, 0.2) is 54.2 Å². The Morgan fingerprint density at radius 2 is 1.93 bits per heavy atom. The number of amides is 1. The second-order valence-electron chi connectivity index (χ2n) is 6.63. The van der Waals surface area contributed by atoms with Crippen molar-refractivity contribution in [1.82, 2.24) is 14.9 Å². The Hall–Kier alpha value is -2.93. The minimum Gasteiger partial charge on any atom is -0.497 e. The number of carbonyl (C=O) groups excluding carboxylic acids is 1. The molecule has 144 valence electrons. The minimum absolute atomic E-state index is 0.136. The fourth-order valence-corrected chi connectivity index (χ4v) is 4.09. The van der Waals surface area contributed by atoms with E-state index < -0.39 is 0 Å². The summed E-state index contributed by atoms with van der Waals surface area (Å²) in [6.07, 6.45) is 3.88. The molecule has 0 radical (unpaired) electrons. The third-order valence-corrected chi connectivity index (χ3v) is 5.80. The lowest BCUT2D eigenvalue weighted by atomic mass is 10.2. The van der Waals surface area contributed by atoms with Gasteiger partial charge in [-0.15, -0.1) is 11.3 Å². The Kier molecular flexibility index (Phi) is 5.53. The van der Waals surface area contributed by atoms with Gasteiger partial charge in [-0.25, -0.2) is 4.98 Å². The summed E-state index contributed by atoms with van der Waals surface area (Å²) in [4.78, 5) is 25.6. The molecule has 6 nitrogen and oxygen atoms in total. The summed E-state index contributed by atoms with van der Waals surface area (Å²) < 4.78 is 5.21. The number of anilines is 1. The lowest BCUT2D eigenvalue weighted by Gasteiger charge is -2.36. The van der Waals surface area contributed by atoms with Crippen LogP contribution in [0.3, 0.4) is 0 Å². The third kappa shape index (κ3) is 4.14. The van der Waals surface area contributed by atoms with Gasteiger partial charge in [0.15, 0.2) is 0 Å². The maximum Gasteiger partial charge on any atom is 0.228 e. The summed E-state index contributed by atoms with van der Waals surface area (Å²) in [6.45, 7) is 3.11. The van der Waals surface area contributed by atoms with Crippen molar-refractivity contribution in [3.63, 3.8) is 0 Å². The number of hydrogen-bond donors (Lipinski definition) is 0. The van der Waals surface area contributed by atoms with E-state index in [-0.39, 0.29) is 5.91 Å². The minimum atomic E-state index is 0.136. The molecule has 0 atom stereocenters. The van der Waals surface area contributed by atoms with Crippen LogP contribution in [0, 0.1) is 0 Å². The first-order valence-electron chi connectivity index (χ1n) is 9.24. The highest BCUT2D eigenvalue weighted by Gasteiger charge is 2.22. The summed E-state index contributed by atoms with van der Waals surface area (Å²) in [5.74, 6) is 0.990. The standard InChI is InChI=1S/C21H22N4O2S/c1-27-19-6-4-18(5-7-19)24-9-11-25(12-10-24)20(26)13-17-15-28-21(23-17)16-3-2-8-22-14-16/h2-8,14-15H,9-13H2,1H3. The fourth-order valence-electron chi connectivity index (χ4n) is 3.28. The van der Waals surface area contributed by atoms with E-state index in [2.05, 4.69) is 27.0 Å². The van der Waals surface area contributed by atoms with Crippen LogP contribution in [0.25, 0.3) is 10.6 Å². The van der Waals surface area contributed by atoms with E-state index in [1.165, 1.54) is 0 Å². The quantitative estimate of drug-likeness (QED) is 0.666. The first-order chi connectivity index (χ1) is 13.7. The van der Waals surface area contributed by atoms with Crippen molar-refractivity contribution in [2.75, 3.05) is 38.2 Å². The number of ether oxygens (including phenoxy) is 1. The van der Waals surface area contributed by atoms with Crippen LogP contribution < -0.4 is 9.64 Å². The first kappa shape index (κ1) is 18.4. The molecule has 1 fully saturated rings. The molecule has 0 N–H and O–H groups in total. The average molecular weight is 395 g/mol. The van der Waals surface area contributed by atoms with E-state index in [9.17, 15) is 4.79 Å². The van der Waals surface area contributed by atoms with Gasteiger partial charge in [0.05, 0.1) is 19.2 Å². The molecular formula is C21H22N4O2S. The van der Waals surface area contributed by atoms with Gasteiger partial charge in [-0.1, -0.05) is 0 Å². The molecule has 1 aliphatic rings. The average Bonchev–Trinajstić information content (AvgIpc) is 3.23. The van der Waals surface area contributed by atoms with Gasteiger partial charge in [-0.2, -0.15) is 0 Å². The maximum absolute atomic E-state index is 12.7. The van der Waals surface area contributed by atoms with Crippen molar-refractivity contribution < 1.29 is 9.53 Å². The zero-order valence-electron chi connectivity index (χ0n) is 15.7. The summed E-state index contributed by atoms with van der Waals surface area (Å²) in [5.41, 5.74) is 2.97. The molecule has 3 heterocycles. The van der Waals surface area contributed by atoms with Gasteiger partial charge in [-0.3, -0.25) is 9.78 Å². The van der Waals surface area contributed by atoms with Gasteiger partial charge in [0.2, 0.25) is 5.91 Å². The molecule has 3 aromatic rings. The Morgan fingerprint density at radius 3 is 2.61 bits per heavy atom. The molecule has 1 amide bonds. The molecule has 7 heteroatoms. The lowest BCUT2D eigenvalue weighted by molar-refractivity contribution is -0.130. The van der Waals surface area contributed by atoms with Gasteiger partial charge in [-0.05, 0) is 36.4 Å². The smallest absolute Gasteiger partial charge is 0.228 e. The van der Waals surface area contributed by atoms with Crippen LogP contribution in [0.2, 0.25) is 0 Å². The summed E-state index contributed by atoms with van der Waals surface area (Å²) in [6, 6.07) is 11.9. The van der Waals surface area contributed by atoms with E-state index in [4.69, 9.17) is 4.74 Å². The SMILES string of the molecule is COc1ccc(N2CCN(C(=O)Cc3csc(-c4cccnc4)n3)CC2)cc1. The molecule has 28 heavy (non-hydrogen) atoms. The van der Waals surface area contributed by atoms with Crippen molar-refractivity contribution in [3.05, 3.63) is 59.9 Å². The molecule has 0 bridgehead atoms. The van der Waals surface area contributed by atoms with Crippen LogP contribution in [-0.4, -0.2) is 54.1 Å². The Bertz CT molecular complexity index is 919. The van der Waals surface area contributed by atoms with E-state index in [0.717, 1.165) is 53.9 Å². The van der Waals surface area contributed by atoms with E-state index in [1.807, 2.05) is 34.5 Å². The topological polar surface area (TPSA) is 58.6 Å². The van der Waals surface area contributed by atoms with Crippen molar-refractivity contribution in [2.24, 2.45) is 0 Å². The normalized spacial score (nSPS) is 14.2. The van der Waals surface area contributed by atoms with E-state index in [1.54, 1.807) is 30.8 Å². The molecule has 1 aliphatic heterocycles. The second kappa shape index (κ2) is 8.39. The van der Waals surface area contributed by atoms with Crippen molar-refractivity contribution in [2.45, 2.75) is 6.42 Å². The molecule has 1 aromatic carbocycles. The second-order valence-corrected chi connectivity index (χ2v) is 7.49. The predicted octanol–water partition coefficient (Wildman–Crippen LogP) is 3.11. The first-order valence-corrected chi connectivity index (χ1v) is 10.1. The fraction of sp³-hybridized carbons (Fsp3) is 0.286. The van der Waals surface area contributed by atoms with Crippen molar-refractivity contribution >= 4 is 22.9 Å². The number of methoxy groups -OCH3 is 1. The predicted molar refractivity (Wildman–Crippen MR) is 111 cm³/mol. The number of hydrogen-bond acceptors (Lipinski definition) is 6. The molecule has 0 unspecified atom stereocenters. The zero-order valence-corrected chi connectivity index (χ0v) is 16.6. The molecule has 0 saturated carbocycles. The molecule has 4 rings (SSSR count). The molecule has 1 saturated heterocycles. The number of nitrogens with zero attached hydrogens (tertiary/aromatic N) is 4. The third-order valence-electron chi connectivity index (χ3n) is 4.86. The number of rotatable bonds is 5. The monoisotopic (exact) mass is 394 g/mol. The zero-order chi connectivity index (χ0) is 19.3. The van der Waals surface area contributed by atoms with Crippen LogP contribution in [0.1, 0.15) is 5.69 Å². The highest BCUT2D eigenvalue weighted by molar-refractivity contribution is 7.13. The van der Waals surface area contributed by atoms with Crippen LogP contribution in [0.4, 0.5) is 5.69 Å². The highest BCUT2D eigenvalue weighted by atomic mass is 32.1. The Morgan fingerprint density at radius 1 is 1.14 bits per heavy atom. The van der Waals surface area contributed by atoms with E-state index in [0.29, 0.717) is 6.42 Å². The number of piperazine rings is 1. The van der Waals surface area contributed by atoms with Gasteiger partial charge < -0.3 is 14.5 Å². The number of benzene rings is 1. The summed E-state index contributed by atoms with van der Waals surface area (Å²) >= 11 is 1.55. The van der Waals surface area contributed by atoms with Crippen LogP contribution >= 0.6 is 11.3 Å². The van der Waals surface area contributed by atoms with Crippen LogP contribution in [-0.2, 0) is 11.2 Å². The number of thiazole rings is 1. The Balaban J connectivity index is 1.32. The van der Waals surface area contributed by atoms with Gasteiger partial charge in [0.1, 0.15) is 10.8 Å². The van der Waals surface area contributed by atoms with Crippen LogP contribution in [0.5, 0.6) is 5.75 Å². The number of carbonyl (C=O) groups is 1. The van der Waals surface area contributed by atoms with Gasteiger partial charge in [0, 0.05) is 55.2 Å². The lowest BCUT2D eigenvalue weighted by Crippen LogP contribution is -2.49. The molecular weight excluding hydrogens is 372 g/mol. The van der Waals surface area contributed by atoms with Gasteiger partial charge >= 0.3 is 0 Å². The summed E-state index contributed by atoms with van der Waals surface area (Å²) in [7, 11) is 1.67. The number of aromatic nitrogens is 2. The van der Waals surface area contributed by atoms with Crippen molar-refractivity contribution in [1.29, 1.82) is 0 Å². The van der Waals surface area contributed by atoms with Crippen molar-refractivity contribution in [3.8, 4) is 16.3 Å². The molecule has 0 aliphatic carbocycles. The molecule has 0 spiro atoms.